The van der Waals surface area contributed by atoms with Crippen molar-refractivity contribution in [1.29, 1.82) is 0 Å². The molecule has 0 aromatic carbocycles. The topological polar surface area (TPSA) is 9.23 Å². The van der Waals surface area contributed by atoms with E-state index in [0.29, 0.717) is 28.4 Å². The van der Waals surface area contributed by atoms with Crippen molar-refractivity contribution in [3.63, 3.8) is 0 Å². The van der Waals surface area contributed by atoms with E-state index in [4.69, 9.17) is 4.74 Å². The van der Waals surface area contributed by atoms with Crippen molar-refractivity contribution in [2.75, 3.05) is 7.11 Å². The van der Waals surface area contributed by atoms with E-state index in [1.54, 1.807) is 0 Å². The summed E-state index contributed by atoms with van der Waals surface area (Å²) in [4.78, 5) is 0. The van der Waals surface area contributed by atoms with E-state index in [1.165, 1.54) is 0 Å². The van der Waals surface area contributed by atoms with Crippen LogP contribution in [0.1, 0.15) is 27.7 Å². The Balaban J connectivity index is 2.63. The molecule has 0 aromatic heterocycles. The van der Waals surface area contributed by atoms with Gasteiger partial charge in [-0.05, 0) is 11.8 Å². The van der Waals surface area contributed by atoms with Crippen LogP contribution in [0.25, 0.3) is 0 Å². The molecular weight excluding hydrogens is 200 g/mol. The van der Waals surface area contributed by atoms with Gasteiger partial charge in [0.25, 0.3) is 0 Å². The zero-order valence-electron chi connectivity index (χ0n) is 9.11. The molecular formula is C10H20OS2. The Hall–Kier alpha value is 0.660. The molecule has 0 aromatic rings. The fourth-order valence-corrected chi connectivity index (χ4v) is 6.01. The fourth-order valence-electron chi connectivity index (χ4n) is 1.67. The van der Waals surface area contributed by atoms with E-state index in [9.17, 15) is 0 Å². The van der Waals surface area contributed by atoms with Crippen molar-refractivity contribution in [3.05, 3.63) is 0 Å². The highest BCUT2D eigenvalue weighted by Gasteiger charge is 2.40. The molecule has 0 spiro atoms. The van der Waals surface area contributed by atoms with E-state index in [-0.39, 0.29) is 0 Å². The summed E-state index contributed by atoms with van der Waals surface area (Å²) in [6.45, 7) is 9.14. The maximum absolute atomic E-state index is 5.62. The van der Waals surface area contributed by atoms with Gasteiger partial charge in [-0.3, -0.25) is 0 Å². The van der Waals surface area contributed by atoms with Crippen LogP contribution in [0.4, 0.5) is 0 Å². The summed E-state index contributed by atoms with van der Waals surface area (Å²) in [5.41, 5.74) is 0. The van der Waals surface area contributed by atoms with Gasteiger partial charge < -0.3 is 4.74 Å². The van der Waals surface area contributed by atoms with Crippen molar-refractivity contribution in [1.82, 2.24) is 0 Å². The molecule has 0 unspecified atom stereocenters. The zero-order chi connectivity index (χ0) is 10.0. The summed E-state index contributed by atoms with van der Waals surface area (Å²) in [6.07, 6.45) is 0.440. The van der Waals surface area contributed by atoms with Crippen LogP contribution in [-0.4, -0.2) is 23.7 Å². The van der Waals surface area contributed by atoms with Gasteiger partial charge in [-0.1, -0.05) is 49.3 Å². The quantitative estimate of drug-likeness (QED) is 0.674. The summed E-state index contributed by atoms with van der Waals surface area (Å²) < 4.78 is 5.62. The van der Waals surface area contributed by atoms with Crippen LogP contribution >= 0.6 is 21.6 Å². The van der Waals surface area contributed by atoms with Gasteiger partial charge in [-0.25, -0.2) is 0 Å². The van der Waals surface area contributed by atoms with Crippen LogP contribution in [-0.2, 0) is 4.74 Å². The van der Waals surface area contributed by atoms with Gasteiger partial charge in [0.05, 0.1) is 6.10 Å². The van der Waals surface area contributed by atoms with Crippen molar-refractivity contribution in [2.24, 2.45) is 11.8 Å². The number of methoxy groups -OCH3 is 1. The molecule has 2 atom stereocenters. The molecule has 0 amide bonds. The molecule has 0 N–H and O–H groups in total. The number of rotatable bonds is 3. The lowest BCUT2D eigenvalue weighted by molar-refractivity contribution is 0.0812. The Kier molecular flexibility index (Phi) is 4.46. The standard InChI is InChI=1S/C10H20OS2/c1-6(2)9-8(11-5)10(7(3)4)13-12-9/h6-10H,1-5H3/t9-,10-/m1/s1. The predicted octanol–water partition coefficient (Wildman–Crippen LogP) is 3.45. The number of hydrogen-bond acceptors (Lipinski definition) is 3. The minimum absolute atomic E-state index is 0.440. The van der Waals surface area contributed by atoms with Crippen LogP contribution in [0.15, 0.2) is 0 Å². The first-order valence-electron chi connectivity index (χ1n) is 4.92. The van der Waals surface area contributed by atoms with E-state index < -0.39 is 0 Å². The van der Waals surface area contributed by atoms with Crippen LogP contribution in [0.5, 0.6) is 0 Å². The third-order valence-electron chi connectivity index (χ3n) is 2.51. The second-order valence-corrected chi connectivity index (χ2v) is 6.94. The Bertz CT molecular complexity index is 143. The monoisotopic (exact) mass is 220 g/mol. The Labute approximate surface area is 89.8 Å². The highest BCUT2D eigenvalue weighted by Crippen LogP contribution is 2.50. The molecule has 3 heteroatoms. The first-order valence-corrected chi connectivity index (χ1v) is 7.20. The first-order chi connectivity index (χ1) is 6.07. The van der Waals surface area contributed by atoms with E-state index >= 15 is 0 Å². The van der Waals surface area contributed by atoms with Crippen LogP contribution in [0.2, 0.25) is 0 Å². The molecule has 1 nitrogen and oxygen atoms in total. The highest BCUT2D eigenvalue weighted by molar-refractivity contribution is 8.77. The summed E-state index contributed by atoms with van der Waals surface area (Å²) in [5.74, 6) is 1.43. The second-order valence-electron chi connectivity index (χ2n) is 4.31. The lowest BCUT2D eigenvalue weighted by Gasteiger charge is -2.25. The Morgan fingerprint density at radius 2 is 1.31 bits per heavy atom. The molecule has 1 aliphatic rings. The van der Waals surface area contributed by atoms with Gasteiger partial charge >= 0.3 is 0 Å². The zero-order valence-corrected chi connectivity index (χ0v) is 10.7. The second kappa shape index (κ2) is 4.94. The van der Waals surface area contributed by atoms with Gasteiger partial charge in [-0.2, -0.15) is 0 Å². The third kappa shape index (κ3) is 2.57. The van der Waals surface area contributed by atoms with Crippen molar-refractivity contribution >= 4 is 21.6 Å². The van der Waals surface area contributed by atoms with Gasteiger partial charge in [0.1, 0.15) is 0 Å². The van der Waals surface area contributed by atoms with Crippen molar-refractivity contribution < 1.29 is 4.74 Å². The normalized spacial score (nSPS) is 34.8. The molecule has 0 saturated carbocycles. The average molecular weight is 220 g/mol. The third-order valence-corrected chi connectivity index (χ3v) is 6.36. The first kappa shape index (κ1) is 11.7. The van der Waals surface area contributed by atoms with Gasteiger partial charge in [0, 0.05) is 17.6 Å². The molecule has 1 fully saturated rings. The van der Waals surface area contributed by atoms with Crippen LogP contribution < -0.4 is 0 Å². The Morgan fingerprint density at radius 1 is 0.923 bits per heavy atom. The fraction of sp³-hybridized carbons (Fsp3) is 1.00. The maximum atomic E-state index is 5.62. The molecule has 0 bridgehead atoms. The lowest BCUT2D eigenvalue weighted by atomic mass is 9.96. The SMILES string of the molecule is COC1[C@@H](C(C)C)SS[C@@H]1C(C)C. The van der Waals surface area contributed by atoms with Gasteiger partial charge in [0.2, 0.25) is 0 Å². The number of ether oxygens (including phenoxy) is 1. The Morgan fingerprint density at radius 3 is 1.54 bits per heavy atom. The lowest BCUT2D eigenvalue weighted by Crippen LogP contribution is -2.35. The molecule has 0 radical (unpaired) electrons. The van der Waals surface area contributed by atoms with E-state index in [0.717, 1.165) is 0 Å². The molecule has 78 valence electrons. The predicted molar refractivity (Wildman–Crippen MR) is 63.2 cm³/mol. The molecule has 1 heterocycles. The molecule has 0 aliphatic carbocycles. The minimum Gasteiger partial charge on any atom is -0.379 e. The summed E-state index contributed by atoms with van der Waals surface area (Å²) >= 11 is 0. The van der Waals surface area contributed by atoms with E-state index in [2.05, 4.69) is 27.7 Å². The number of hydrogen-bond donors (Lipinski definition) is 0. The van der Waals surface area contributed by atoms with Crippen LogP contribution in [0.3, 0.4) is 0 Å². The maximum Gasteiger partial charge on any atom is 0.0829 e. The summed E-state index contributed by atoms with van der Waals surface area (Å²) in [6, 6.07) is 0. The smallest absolute Gasteiger partial charge is 0.0829 e. The van der Waals surface area contributed by atoms with Crippen molar-refractivity contribution in [3.8, 4) is 0 Å². The molecule has 1 saturated heterocycles. The molecule has 13 heavy (non-hydrogen) atoms. The molecule has 1 aliphatic heterocycles. The summed E-state index contributed by atoms with van der Waals surface area (Å²) in [5, 5.41) is 1.34. The van der Waals surface area contributed by atoms with E-state index in [1.807, 2.05) is 28.7 Å². The average Bonchev–Trinajstić information content (AvgIpc) is 2.46. The molecule has 1 rings (SSSR count). The van der Waals surface area contributed by atoms with Crippen molar-refractivity contribution in [2.45, 2.75) is 44.3 Å². The van der Waals surface area contributed by atoms with Crippen LogP contribution in [0, 0.1) is 11.8 Å². The summed E-state index contributed by atoms with van der Waals surface area (Å²) in [7, 11) is 5.87. The highest BCUT2D eigenvalue weighted by atomic mass is 33.1. The largest absolute Gasteiger partial charge is 0.379 e. The van der Waals surface area contributed by atoms with Gasteiger partial charge in [-0.15, -0.1) is 0 Å². The minimum atomic E-state index is 0.440. The van der Waals surface area contributed by atoms with Gasteiger partial charge in [0.15, 0.2) is 0 Å².